The van der Waals surface area contributed by atoms with Crippen molar-refractivity contribution in [1.29, 1.82) is 0 Å². The topological polar surface area (TPSA) is 98.5 Å². The highest BCUT2D eigenvalue weighted by Gasteiger charge is 2.51. The molecule has 0 atom stereocenters. The third-order valence-electron chi connectivity index (χ3n) is 6.32. The Morgan fingerprint density at radius 2 is 1.75 bits per heavy atom. The van der Waals surface area contributed by atoms with Crippen molar-refractivity contribution in [2.24, 2.45) is 17.8 Å². The van der Waals surface area contributed by atoms with Crippen molar-refractivity contribution < 1.29 is 19.2 Å². The zero-order valence-electron chi connectivity index (χ0n) is 15.6. The van der Waals surface area contributed by atoms with Crippen LogP contribution >= 0.6 is 0 Å². The summed E-state index contributed by atoms with van der Waals surface area (Å²) in [4.78, 5) is 34.7. The van der Waals surface area contributed by atoms with E-state index in [2.05, 4.69) is 5.32 Å². The molecule has 148 valence electrons. The second kappa shape index (κ2) is 7.37. The third-order valence-corrected chi connectivity index (χ3v) is 6.32. The number of nitrogens with zero attached hydrogens (tertiary/aromatic N) is 1. The molecule has 7 nitrogen and oxygen atoms in total. The molecule has 7 heteroatoms. The van der Waals surface area contributed by atoms with Crippen LogP contribution in [-0.4, -0.2) is 28.9 Å². The molecule has 0 saturated heterocycles. The first-order valence-electron chi connectivity index (χ1n) is 9.82. The first-order valence-corrected chi connectivity index (χ1v) is 9.82. The maximum Gasteiger partial charge on any atom is 0.331 e. The van der Waals surface area contributed by atoms with Gasteiger partial charge in [-0.2, -0.15) is 0 Å². The molecule has 4 fully saturated rings. The van der Waals surface area contributed by atoms with Crippen molar-refractivity contribution in [2.45, 2.75) is 44.1 Å². The average molecular weight is 384 g/mol. The van der Waals surface area contributed by atoms with Crippen molar-refractivity contribution in [2.75, 3.05) is 6.61 Å². The Labute approximate surface area is 163 Å². The Hall–Kier alpha value is -2.70. The van der Waals surface area contributed by atoms with Crippen molar-refractivity contribution in [1.82, 2.24) is 5.32 Å². The third kappa shape index (κ3) is 3.93. The van der Waals surface area contributed by atoms with Crippen LogP contribution in [0.25, 0.3) is 6.08 Å². The zero-order valence-corrected chi connectivity index (χ0v) is 15.6. The lowest BCUT2D eigenvalue weighted by atomic mass is 9.53. The standard InChI is InChI=1S/C21H24N2O5/c24-19(22-21-10-14-7-15(11-21)9-16(8-14)12-21)13-28-20(25)6-5-17-3-1-2-4-18(17)23(26)27/h1-6,14-16H,7-13H2,(H,22,24). The zero-order chi connectivity index (χ0) is 19.7. The van der Waals surface area contributed by atoms with Gasteiger partial charge in [-0.05, 0) is 68.4 Å². The van der Waals surface area contributed by atoms with Crippen LogP contribution in [0.2, 0.25) is 0 Å². The summed E-state index contributed by atoms with van der Waals surface area (Å²) in [5.41, 5.74) is 0.104. The van der Waals surface area contributed by atoms with Gasteiger partial charge in [0.1, 0.15) is 0 Å². The molecule has 4 bridgehead atoms. The normalized spacial score (nSPS) is 30.4. The summed E-state index contributed by atoms with van der Waals surface area (Å²) in [6.45, 7) is -0.332. The quantitative estimate of drug-likeness (QED) is 0.351. The van der Waals surface area contributed by atoms with Crippen LogP contribution in [0.4, 0.5) is 5.69 Å². The van der Waals surface area contributed by atoms with Gasteiger partial charge in [-0.15, -0.1) is 0 Å². The Bertz CT molecular complexity index is 797. The van der Waals surface area contributed by atoms with Crippen LogP contribution in [0.5, 0.6) is 0 Å². The lowest BCUT2D eigenvalue weighted by Crippen LogP contribution is -2.60. The Morgan fingerprint density at radius 3 is 2.36 bits per heavy atom. The molecule has 1 amide bonds. The summed E-state index contributed by atoms with van der Waals surface area (Å²) >= 11 is 0. The number of nitro groups is 1. The summed E-state index contributed by atoms with van der Waals surface area (Å²) in [7, 11) is 0. The number of amides is 1. The molecule has 28 heavy (non-hydrogen) atoms. The van der Waals surface area contributed by atoms with Crippen LogP contribution in [-0.2, 0) is 14.3 Å². The number of hydrogen-bond donors (Lipinski definition) is 1. The van der Waals surface area contributed by atoms with E-state index in [1.807, 2.05) is 0 Å². The first-order chi connectivity index (χ1) is 13.4. The van der Waals surface area contributed by atoms with Gasteiger partial charge in [0.25, 0.3) is 11.6 Å². The highest BCUT2D eigenvalue weighted by Crippen LogP contribution is 2.55. The number of para-hydroxylation sites is 1. The van der Waals surface area contributed by atoms with Crippen molar-refractivity contribution in [3.05, 3.63) is 46.0 Å². The monoisotopic (exact) mass is 384 g/mol. The van der Waals surface area contributed by atoms with E-state index in [0.29, 0.717) is 5.56 Å². The SMILES string of the molecule is O=C(COC(=O)C=Cc1ccccc1[N+](=O)[O-])NC12CC3CC(CC(C3)C1)C2. The molecule has 4 aliphatic rings. The number of hydrogen-bond acceptors (Lipinski definition) is 5. The van der Waals surface area contributed by atoms with Gasteiger partial charge in [0.05, 0.1) is 10.5 Å². The minimum absolute atomic E-state index is 0.0916. The molecule has 4 saturated carbocycles. The van der Waals surface area contributed by atoms with Crippen molar-refractivity contribution in [3.8, 4) is 0 Å². The van der Waals surface area contributed by atoms with Gasteiger partial charge in [0, 0.05) is 17.7 Å². The Balaban J connectivity index is 1.29. The van der Waals surface area contributed by atoms with E-state index in [0.717, 1.165) is 43.1 Å². The number of ether oxygens (including phenoxy) is 1. The van der Waals surface area contributed by atoms with Crippen molar-refractivity contribution >= 4 is 23.6 Å². The van der Waals surface area contributed by atoms with Crippen LogP contribution in [0, 0.1) is 27.9 Å². The van der Waals surface area contributed by atoms with E-state index >= 15 is 0 Å². The molecular weight excluding hydrogens is 360 g/mol. The molecule has 4 aliphatic carbocycles. The summed E-state index contributed by atoms with van der Waals surface area (Å²) in [5.74, 6) is 1.20. The van der Waals surface area contributed by atoms with E-state index in [-0.39, 0.29) is 23.7 Å². The minimum atomic E-state index is -0.696. The number of nitrogens with one attached hydrogen (secondary N) is 1. The number of carbonyl (C=O) groups excluding carboxylic acids is 2. The van der Waals surface area contributed by atoms with E-state index in [1.165, 1.54) is 31.4 Å². The smallest absolute Gasteiger partial charge is 0.331 e. The predicted molar refractivity (Wildman–Crippen MR) is 102 cm³/mol. The van der Waals surface area contributed by atoms with E-state index in [4.69, 9.17) is 4.74 Å². The fraction of sp³-hybridized carbons (Fsp3) is 0.524. The second-order valence-corrected chi connectivity index (χ2v) is 8.50. The molecule has 1 aromatic rings. The molecular formula is C21H24N2O5. The molecule has 0 aromatic heterocycles. The molecule has 1 aromatic carbocycles. The van der Waals surface area contributed by atoms with Gasteiger partial charge in [-0.25, -0.2) is 4.79 Å². The minimum Gasteiger partial charge on any atom is -0.452 e. The summed E-state index contributed by atoms with van der Waals surface area (Å²) in [6, 6.07) is 6.12. The largest absolute Gasteiger partial charge is 0.452 e. The van der Waals surface area contributed by atoms with Gasteiger partial charge in [-0.3, -0.25) is 14.9 Å². The average Bonchev–Trinajstić information content (AvgIpc) is 2.63. The summed E-state index contributed by atoms with van der Waals surface area (Å²) in [6.07, 6.45) is 9.43. The number of rotatable bonds is 6. The van der Waals surface area contributed by atoms with Gasteiger partial charge < -0.3 is 10.1 Å². The summed E-state index contributed by atoms with van der Waals surface area (Å²) < 4.78 is 5.03. The molecule has 0 aliphatic heterocycles. The first kappa shape index (κ1) is 18.7. The molecule has 5 rings (SSSR count). The van der Waals surface area contributed by atoms with E-state index in [9.17, 15) is 19.7 Å². The van der Waals surface area contributed by atoms with Gasteiger partial charge in [-0.1, -0.05) is 12.1 Å². The highest BCUT2D eigenvalue weighted by molar-refractivity contribution is 5.90. The predicted octanol–water partition coefficient (Wildman–Crippen LogP) is 3.24. The molecule has 1 N–H and O–H groups in total. The van der Waals surface area contributed by atoms with Gasteiger partial charge in [0.2, 0.25) is 0 Å². The number of esters is 1. The lowest BCUT2D eigenvalue weighted by Gasteiger charge is -2.56. The van der Waals surface area contributed by atoms with Crippen LogP contribution in [0.1, 0.15) is 44.1 Å². The van der Waals surface area contributed by atoms with Crippen LogP contribution in [0.15, 0.2) is 30.3 Å². The Morgan fingerprint density at radius 1 is 1.14 bits per heavy atom. The fourth-order valence-electron chi connectivity index (χ4n) is 5.73. The van der Waals surface area contributed by atoms with Gasteiger partial charge in [0.15, 0.2) is 6.61 Å². The van der Waals surface area contributed by atoms with Crippen LogP contribution in [0.3, 0.4) is 0 Å². The molecule has 0 spiro atoms. The van der Waals surface area contributed by atoms with E-state index < -0.39 is 10.9 Å². The van der Waals surface area contributed by atoms with Gasteiger partial charge >= 0.3 is 5.97 Å². The maximum absolute atomic E-state index is 12.3. The van der Waals surface area contributed by atoms with Crippen molar-refractivity contribution in [3.63, 3.8) is 0 Å². The summed E-state index contributed by atoms with van der Waals surface area (Å²) in [5, 5.41) is 14.1. The second-order valence-electron chi connectivity index (χ2n) is 8.50. The highest BCUT2D eigenvalue weighted by atomic mass is 16.6. The Kier molecular flexibility index (Phi) is 4.91. The van der Waals surface area contributed by atoms with E-state index in [1.54, 1.807) is 18.2 Å². The maximum atomic E-state index is 12.3. The molecule has 0 unspecified atom stereocenters. The molecule has 0 radical (unpaired) electrons. The van der Waals surface area contributed by atoms with Crippen LogP contribution < -0.4 is 5.32 Å². The fourth-order valence-corrected chi connectivity index (χ4v) is 5.73. The number of carbonyl (C=O) groups is 2. The lowest BCUT2D eigenvalue weighted by molar-refractivity contribution is -0.385. The number of benzene rings is 1. The number of nitro benzene ring substituents is 1. The molecule has 0 heterocycles.